The Hall–Kier alpha value is -3.34. The van der Waals surface area contributed by atoms with Crippen LogP contribution in [-0.4, -0.2) is 25.1 Å². The summed E-state index contributed by atoms with van der Waals surface area (Å²) in [6.07, 6.45) is 5.45. The fourth-order valence-electron chi connectivity index (χ4n) is 2.99. The number of carbonyl (C=O) groups excluding carboxylic acids is 1. The van der Waals surface area contributed by atoms with Gasteiger partial charge in [-0.2, -0.15) is 0 Å². The maximum atomic E-state index is 12.0. The number of aryl methyl sites for hydroxylation is 1. The summed E-state index contributed by atoms with van der Waals surface area (Å²) in [4.78, 5) is 16.0. The first-order valence-electron chi connectivity index (χ1n) is 9.21. The molecule has 0 spiro atoms. The number of methoxy groups -OCH3 is 2. The minimum Gasteiger partial charge on any atom is -0.493 e. The van der Waals surface area contributed by atoms with Gasteiger partial charge in [0, 0.05) is 12.6 Å². The van der Waals surface area contributed by atoms with Gasteiger partial charge in [-0.1, -0.05) is 30.3 Å². The summed E-state index contributed by atoms with van der Waals surface area (Å²) in [5.74, 6) is 1.44. The van der Waals surface area contributed by atoms with Crippen LogP contribution in [0.1, 0.15) is 18.4 Å². The second kappa shape index (κ2) is 9.55. The van der Waals surface area contributed by atoms with E-state index in [2.05, 4.69) is 34.6 Å². The third kappa shape index (κ3) is 5.10. The number of carbonyl (C=O) groups is 1. The lowest BCUT2D eigenvalue weighted by Gasteiger charge is -2.10. The van der Waals surface area contributed by atoms with Crippen LogP contribution in [0.25, 0.3) is 11.1 Å². The van der Waals surface area contributed by atoms with Gasteiger partial charge in [-0.25, -0.2) is 0 Å². The van der Waals surface area contributed by atoms with Crippen molar-refractivity contribution in [2.45, 2.75) is 19.3 Å². The predicted molar refractivity (Wildman–Crippen MR) is 111 cm³/mol. The molecule has 5 heteroatoms. The standard InChI is InChI=1S/C23H24N2O3/c1-27-21-13-12-19(15-22(21)28-2)18-10-8-17(9-11-18)5-3-7-23(26)25-20-6-4-14-24-16-20/h4,6,8-16H,3,5,7H2,1-2H3,(H,25,26). The van der Waals surface area contributed by atoms with Crippen molar-refractivity contribution in [3.8, 4) is 22.6 Å². The van der Waals surface area contributed by atoms with Gasteiger partial charge in [0.15, 0.2) is 11.5 Å². The molecule has 0 saturated carbocycles. The zero-order valence-electron chi connectivity index (χ0n) is 16.1. The second-order valence-electron chi connectivity index (χ2n) is 6.41. The van der Waals surface area contributed by atoms with Crippen molar-refractivity contribution >= 4 is 11.6 Å². The van der Waals surface area contributed by atoms with E-state index < -0.39 is 0 Å². The summed E-state index contributed by atoms with van der Waals surface area (Å²) < 4.78 is 10.7. The van der Waals surface area contributed by atoms with E-state index >= 15 is 0 Å². The van der Waals surface area contributed by atoms with E-state index in [1.54, 1.807) is 32.7 Å². The van der Waals surface area contributed by atoms with Crippen molar-refractivity contribution < 1.29 is 14.3 Å². The summed E-state index contributed by atoms with van der Waals surface area (Å²) in [6.45, 7) is 0. The Morgan fingerprint density at radius 2 is 1.71 bits per heavy atom. The average Bonchev–Trinajstić information content (AvgIpc) is 2.74. The zero-order chi connectivity index (χ0) is 19.8. The first-order valence-corrected chi connectivity index (χ1v) is 9.21. The van der Waals surface area contributed by atoms with Crippen LogP contribution < -0.4 is 14.8 Å². The quantitative estimate of drug-likeness (QED) is 0.618. The Labute approximate surface area is 165 Å². The van der Waals surface area contributed by atoms with Crippen LogP contribution in [0.5, 0.6) is 11.5 Å². The Bertz CT molecular complexity index is 909. The molecular formula is C23H24N2O3. The highest BCUT2D eigenvalue weighted by Crippen LogP contribution is 2.32. The topological polar surface area (TPSA) is 60.5 Å². The van der Waals surface area contributed by atoms with Crippen LogP contribution in [0.4, 0.5) is 5.69 Å². The Balaban J connectivity index is 1.54. The molecule has 0 unspecified atom stereocenters. The fourth-order valence-corrected chi connectivity index (χ4v) is 2.99. The van der Waals surface area contributed by atoms with Crippen LogP contribution in [-0.2, 0) is 11.2 Å². The van der Waals surface area contributed by atoms with Gasteiger partial charge >= 0.3 is 0 Å². The van der Waals surface area contributed by atoms with Gasteiger partial charge in [-0.05, 0) is 53.8 Å². The van der Waals surface area contributed by atoms with Crippen LogP contribution >= 0.6 is 0 Å². The minimum absolute atomic E-state index is 0.00921. The fraction of sp³-hybridized carbons (Fsp3) is 0.217. The lowest BCUT2D eigenvalue weighted by Crippen LogP contribution is -2.11. The summed E-state index contributed by atoms with van der Waals surface area (Å²) >= 11 is 0. The van der Waals surface area contributed by atoms with Crippen molar-refractivity contribution in [3.63, 3.8) is 0 Å². The number of amides is 1. The Morgan fingerprint density at radius 1 is 0.964 bits per heavy atom. The molecule has 144 valence electrons. The maximum absolute atomic E-state index is 12.0. The lowest BCUT2D eigenvalue weighted by atomic mass is 10.0. The molecule has 5 nitrogen and oxygen atoms in total. The molecule has 0 saturated heterocycles. The van der Waals surface area contributed by atoms with E-state index in [4.69, 9.17) is 9.47 Å². The SMILES string of the molecule is COc1ccc(-c2ccc(CCCC(=O)Nc3cccnc3)cc2)cc1OC. The number of nitrogens with zero attached hydrogens (tertiary/aromatic N) is 1. The molecule has 0 radical (unpaired) electrons. The van der Waals surface area contributed by atoms with Gasteiger partial charge in [0.25, 0.3) is 0 Å². The second-order valence-corrected chi connectivity index (χ2v) is 6.41. The summed E-state index contributed by atoms with van der Waals surface area (Å²) in [5, 5.41) is 2.86. The van der Waals surface area contributed by atoms with E-state index in [-0.39, 0.29) is 5.91 Å². The third-order valence-electron chi connectivity index (χ3n) is 4.49. The van der Waals surface area contributed by atoms with Gasteiger partial charge in [0.2, 0.25) is 5.91 Å². The number of aromatic nitrogens is 1. The van der Waals surface area contributed by atoms with Crippen molar-refractivity contribution in [2.75, 3.05) is 19.5 Å². The number of ether oxygens (including phenoxy) is 2. The van der Waals surface area contributed by atoms with E-state index in [0.29, 0.717) is 17.9 Å². The van der Waals surface area contributed by atoms with Gasteiger partial charge in [-0.15, -0.1) is 0 Å². The molecule has 0 bridgehead atoms. The lowest BCUT2D eigenvalue weighted by molar-refractivity contribution is -0.116. The molecule has 0 fully saturated rings. The number of benzene rings is 2. The summed E-state index contributed by atoms with van der Waals surface area (Å²) in [5.41, 5.74) is 4.12. The van der Waals surface area contributed by atoms with Crippen molar-refractivity contribution in [3.05, 3.63) is 72.6 Å². The van der Waals surface area contributed by atoms with Gasteiger partial charge in [0.05, 0.1) is 26.1 Å². The van der Waals surface area contributed by atoms with Crippen molar-refractivity contribution in [2.24, 2.45) is 0 Å². The van der Waals surface area contributed by atoms with E-state index in [1.807, 2.05) is 24.3 Å². The average molecular weight is 376 g/mol. The molecule has 2 aromatic carbocycles. The smallest absolute Gasteiger partial charge is 0.224 e. The minimum atomic E-state index is 0.00921. The number of hydrogen-bond acceptors (Lipinski definition) is 4. The molecule has 1 amide bonds. The van der Waals surface area contributed by atoms with Gasteiger partial charge in [0.1, 0.15) is 0 Å². The van der Waals surface area contributed by atoms with Gasteiger partial charge < -0.3 is 14.8 Å². The molecule has 0 aliphatic rings. The number of pyridine rings is 1. The number of nitrogens with one attached hydrogen (secondary N) is 1. The van der Waals surface area contributed by atoms with Crippen molar-refractivity contribution in [1.29, 1.82) is 0 Å². The molecule has 0 aliphatic heterocycles. The largest absolute Gasteiger partial charge is 0.493 e. The molecular weight excluding hydrogens is 352 g/mol. The highest BCUT2D eigenvalue weighted by molar-refractivity contribution is 5.90. The normalized spacial score (nSPS) is 10.4. The van der Waals surface area contributed by atoms with Gasteiger partial charge in [-0.3, -0.25) is 9.78 Å². The molecule has 3 aromatic rings. The maximum Gasteiger partial charge on any atom is 0.224 e. The van der Waals surface area contributed by atoms with Crippen molar-refractivity contribution in [1.82, 2.24) is 4.98 Å². The summed E-state index contributed by atoms with van der Waals surface area (Å²) in [7, 11) is 3.26. The number of anilines is 1. The van der Waals surface area contributed by atoms with Crippen LogP contribution in [0.15, 0.2) is 67.0 Å². The molecule has 1 N–H and O–H groups in total. The molecule has 3 rings (SSSR count). The van der Waals surface area contributed by atoms with Crippen LogP contribution in [0.2, 0.25) is 0 Å². The predicted octanol–water partition coefficient (Wildman–Crippen LogP) is 4.73. The molecule has 0 aliphatic carbocycles. The van der Waals surface area contributed by atoms with Crippen LogP contribution in [0, 0.1) is 0 Å². The molecule has 0 atom stereocenters. The monoisotopic (exact) mass is 376 g/mol. The Kier molecular flexibility index (Phi) is 6.63. The summed E-state index contributed by atoms with van der Waals surface area (Å²) in [6, 6.07) is 17.9. The first kappa shape index (κ1) is 19.4. The molecule has 1 aromatic heterocycles. The molecule has 1 heterocycles. The first-order chi connectivity index (χ1) is 13.7. The molecule has 28 heavy (non-hydrogen) atoms. The Morgan fingerprint density at radius 3 is 2.39 bits per heavy atom. The number of rotatable bonds is 8. The van der Waals surface area contributed by atoms with Crippen LogP contribution in [0.3, 0.4) is 0 Å². The van der Waals surface area contributed by atoms with E-state index in [9.17, 15) is 4.79 Å². The zero-order valence-corrected chi connectivity index (χ0v) is 16.1. The highest BCUT2D eigenvalue weighted by atomic mass is 16.5. The third-order valence-corrected chi connectivity index (χ3v) is 4.49. The number of hydrogen-bond donors (Lipinski definition) is 1. The highest BCUT2D eigenvalue weighted by Gasteiger charge is 2.07. The van der Waals surface area contributed by atoms with E-state index in [1.165, 1.54) is 5.56 Å². The van der Waals surface area contributed by atoms with E-state index in [0.717, 1.165) is 29.7 Å².